The van der Waals surface area contributed by atoms with Gasteiger partial charge < -0.3 is 9.80 Å². The molecule has 2 aliphatic heterocycles. The quantitative estimate of drug-likeness (QED) is 0.509. The highest BCUT2D eigenvalue weighted by Gasteiger charge is 2.28. The molecule has 180 valence electrons. The normalized spacial score (nSPS) is 18.6. The van der Waals surface area contributed by atoms with E-state index >= 15 is 0 Å². The molecule has 2 aromatic carbocycles. The lowest BCUT2D eigenvalue weighted by molar-refractivity contribution is 0.288. The molecule has 0 N–H and O–H groups in total. The highest BCUT2D eigenvalue weighted by atomic mass is 35.5. The average molecular weight is 499 g/mol. The molecule has 3 aromatic rings. The minimum atomic E-state index is -3.47. The number of hydrogen-bond donors (Lipinski definition) is 0. The Kier molecular flexibility index (Phi) is 6.44. The fourth-order valence-corrected chi connectivity index (χ4v) is 6.58. The third-order valence-corrected chi connectivity index (χ3v) is 9.27. The zero-order valence-electron chi connectivity index (χ0n) is 19.7. The van der Waals surface area contributed by atoms with Crippen molar-refractivity contribution >= 4 is 44.0 Å². The van der Waals surface area contributed by atoms with Gasteiger partial charge in [0.1, 0.15) is 5.82 Å². The third kappa shape index (κ3) is 4.61. The molecule has 0 spiro atoms. The van der Waals surface area contributed by atoms with E-state index in [-0.39, 0.29) is 0 Å². The molecule has 0 saturated carbocycles. The van der Waals surface area contributed by atoms with E-state index < -0.39 is 10.0 Å². The summed E-state index contributed by atoms with van der Waals surface area (Å²) < 4.78 is 27.9. The number of pyridine rings is 1. The van der Waals surface area contributed by atoms with E-state index in [4.69, 9.17) is 16.6 Å². The van der Waals surface area contributed by atoms with E-state index in [1.54, 1.807) is 16.4 Å². The van der Waals surface area contributed by atoms with Crippen LogP contribution >= 0.6 is 11.6 Å². The van der Waals surface area contributed by atoms with Gasteiger partial charge in [0.25, 0.3) is 0 Å². The Hall–Kier alpha value is -2.35. The lowest BCUT2D eigenvalue weighted by Crippen LogP contribution is -2.47. The van der Waals surface area contributed by atoms with Crippen LogP contribution in [0.3, 0.4) is 0 Å². The number of halogens is 1. The summed E-state index contributed by atoms with van der Waals surface area (Å²) in [5.41, 5.74) is 3.24. The first-order valence-electron chi connectivity index (χ1n) is 12.0. The van der Waals surface area contributed by atoms with Crippen LogP contribution in [0.4, 0.5) is 11.5 Å². The highest BCUT2D eigenvalue weighted by molar-refractivity contribution is 7.89. The van der Waals surface area contributed by atoms with Crippen molar-refractivity contribution in [3.63, 3.8) is 0 Å². The molecule has 1 aromatic heterocycles. The van der Waals surface area contributed by atoms with Gasteiger partial charge in [-0.15, -0.1) is 0 Å². The predicted molar refractivity (Wildman–Crippen MR) is 140 cm³/mol. The van der Waals surface area contributed by atoms with Crippen molar-refractivity contribution < 1.29 is 8.42 Å². The molecule has 0 aliphatic carbocycles. The minimum Gasteiger partial charge on any atom is -0.368 e. The van der Waals surface area contributed by atoms with Crippen LogP contribution in [0.5, 0.6) is 0 Å². The second kappa shape index (κ2) is 9.36. The summed E-state index contributed by atoms with van der Waals surface area (Å²) in [5.74, 6) is 1.51. The van der Waals surface area contributed by atoms with Crippen LogP contribution in [0.2, 0.25) is 5.02 Å². The molecule has 6 nitrogen and oxygen atoms in total. The zero-order chi connectivity index (χ0) is 23.9. The first-order chi connectivity index (χ1) is 16.3. The second-order valence-electron chi connectivity index (χ2n) is 9.52. The maximum absolute atomic E-state index is 13.1. The van der Waals surface area contributed by atoms with E-state index in [1.807, 2.05) is 30.3 Å². The molecule has 0 unspecified atom stereocenters. The Bertz CT molecular complexity index is 1300. The molecule has 2 saturated heterocycles. The number of anilines is 2. The summed E-state index contributed by atoms with van der Waals surface area (Å²) in [6.07, 6.45) is 1.84. The van der Waals surface area contributed by atoms with Crippen molar-refractivity contribution in [3.05, 3.63) is 59.1 Å². The smallest absolute Gasteiger partial charge is 0.243 e. The highest BCUT2D eigenvalue weighted by Crippen LogP contribution is 2.29. The minimum absolute atomic E-state index is 0.356. The standard InChI is InChI=1S/C26H31ClN4O2S/c1-19-9-11-31(12-10-19)34(32,33)23-6-7-24-21(17-23)4-8-26(28-24)30-15-13-29(14-16-30)25-18-22(27)5-3-20(25)2/h3-8,17-19H,9-16H2,1-2H3. The van der Waals surface area contributed by atoms with Crippen molar-refractivity contribution in [1.82, 2.24) is 9.29 Å². The lowest BCUT2D eigenvalue weighted by atomic mass is 10.0. The summed E-state index contributed by atoms with van der Waals surface area (Å²) in [6, 6.07) is 15.3. The second-order valence-corrected chi connectivity index (χ2v) is 11.9. The summed E-state index contributed by atoms with van der Waals surface area (Å²) in [5, 5.41) is 1.61. The maximum Gasteiger partial charge on any atom is 0.243 e. The largest absolute Gasteiger partial charge is 0.368 e. The molecule has 8 heteroatoms. The Labute approximate surface area is 207 Å². The Morgan fingerprint density at radius 2 is 1.59 bits per heavy atom. The zero-order valence-corrected chi connectivity index (χ0v) is 21.3. The first kappa shape index (κ1) is 23.4. The molecule has 0 atom stereocenters. The summed E-state index contributed by atoms with van der Waals surface area (Å²) in [7, 11) is -3.47. The summed E-state index contributed by atoms with van der Waals surface area (Å²) >= 11 is 6.22. The van der Waals surface area contributed by atoms with Crippen LogP contribution in [-0.4, -0.2) is 57.0 Å². The maximum atomic E-state index is 13.1. The number of sulfonamides is 1. The SMILES string of the molecule is Cc1ccc(Cl)cc1N1CCN(c2ccc3cc(S(=O)(=O)N4CCC(C)CC4)ccc3n2)CC1. The molecule has 34 heavy (non-hydrogen) atoms. The molecular formula is C26H31ClN4O2S. The van der Waals surface area contributed by atoms with E-state index in [1.165, 1.54) is 11.3 Å². The van der Waals surface area contributed by atoms with E-state index in [9.17, 15) is 8.42 Å². The molecule has 2 aliphatic rings. The number of piperazine rings is 1. The molecule has 0 bridgehead atoms. The lowest BCUT2D eigenvalue weighted by Gasteiger charge is -2.37. The number of hydrogen-bond acceptors (Lipinski definition) is 5. The Morgan fingerprint density at radius 1 is 0.882 bits per heavy atom. The van der Waals surface area contributed by atoms with Gasteiger partial charge in [0.05, 0.1) is 10.4 Å². The Morgan fingerprint density at radius 3 is 2.32 bits per heavy atom. The van der Waals surface area contributed by atoms with Gasteiger partial charge in [-0.1, -0.05) is 24.6 Å². The molecule has 2 fully saturated rings. The molecule has 3 heterocycles. The third-order valence-electron chi connectivity index (χ3n) is 7.14. The van der Waals surface area contributed by atoms with Crippen molar-refractivity contribution in [2.75, 3.05) is 49.1 Å². The van der Waals surface area contributed by atoms with Crippen LogP contribution < -0.4 is 9.80 Å². The molecular weight excluding hydrogens is 468 g/mol. The van der Waals surface area contributed by atoms with Gasteiger partial charge in [0.2, 0.25) is 10.0 Å². The number of piperidine rings is 1. The van der Waals surface area contributed by atoms with Gasteiger partial charge in [0.15, 0.2) is 0 Å². The number of fused-ring (bicyclic) bond motifs is 1. The van der Waals surface area contributed by atoms with Crippen LogP contribution in [-0.2, 0) is 10.0 Å². The number of aryl methyl sites for hydroxylation is 1. The molecule has 0 radical (unpaired) electrons. The van der Waals surface area contributed by atoms with E-state index in [0.29, 0.717) is 23.9 Å². The summed E-state index contributed by atoms with van der Waals surface area (Å²) in [4.78, 5) is 9.87. The molecule has 0 amide bonds. The average Bonchev–Trinajstić information content (AvgIpc) is 2.85. The van der Waals surface area contributed by atoms with Crippen LogP contribution in [0, 0.1) is 12.8 Å². The van der Waals surface area contributed by atoms with Gasteiger partial charge in [-0.3, -0.25) is 0 Å². The molecule has 5 rings (SSSR count). The van der Waals surface area contributed by atoms with E-state index in [0.717, 1.165) is 60.8 Å². The fraction of sp³-hybridized carbons (Fsp3) is 0.423. The van der Waals surface area contributed by atoms with Crippen molar-refractivity contribution in [2.24, 2.45) is 5.92 Å². The summed E-state index contributed by atoms with van der Waals surface area (Å²) in [6.45, 7) is 9.01. The van der Waals surface area contributed by atoms with Gasteiger partial charge >= 0.3 is 0 Å². The number of aromatic nitrogens is 1. The number of benzene rings is 2. The predicted octanol–water partition coefficient (Wildman–Crippen LogP) is 4.94. The van der Waals surface area contributed by atoms with Crippen LogP contribution in [0.15, 0.2) is 53.4 Å². The van der Waals surface area contributed by atoms with Gasteiger partial charge in [0, 0.05) is 55.4 Å². The Balaban J connectivity index is 1.31. The van der Waals surface area contributed by atoms with Crippen LogP contribution in [0.25, 0.3) is 10.9 Å². The van der Waals surface area contributed by atoms with Crippen molar-refractivity contribution in [1.29, 1.82) is 0 Å². The fourth-order valence-electron chi connectivity index (χ4n) is 4.90. The number of rotatable bonds is 4. The number of nitrogens with zero attached hydrogens (tertiary/aromatic N) is 4. The topological polar surface area (TPSA) is 56.8 Å². The van der Waals surface area contributed by atoms with Gasteiger partial charge in [-0.05, 0) is 73.7 Å². The van der Waals surface area contributed by atoms with Gasteiger partial charge in [-0.2, -0.15) is 4.31 Å². The van der Waals surface area contributed by atoms with Gasteiger partial charge in [-0.25, -0.2) is 13.4 Å². The first-order valence-corrected chi connectivity index (χ1v) is 13.8. The van der Waals surface area contributed by atoms with E-state index in [2.05, 4.69) is 29.7 Å². The van der Waals surface area contributed by atoms with Crippen LogP contribution in [0.1, 0.15) is 25.3 Å². The van der Waals surface area contributed by atoms with Crippen molar-refractivity contribution in [2.45, 2.75) is 31.6 Å². The monoisotopic (exact) mass is 498 g/mol. The van der Waals surface area contributed by atoms with Crippen molar-refractivity contribution in [3.8, 4) is 0 Å².